The predicted molar refractivity (Wildman–Crippen MR) is 107 cm³/mol. The van der Waals surface area contributed by atoms with Crippen LogP contribution < -0.4 is 15.4 Å². The summed E-state index contributed by atoms with van der Waals surface area (Å²) in [5.41, 5.74) is 0.490. The van der Waals surface area contributed by atoms with Gasteiger partial charge in [0.25, 0.3) is 11.8 Å². The highest BCUT2D eigenvalue weighted by atomic mass is 79.9. The Morgan fingerprint density at radius 3 is 2.27 bits per heavy atom. The molecule has 0 radical (unpaired) electrons. The summed E-state index contributed by atoms with van der Waals surface area (Å²) in [6.45, 7) is 7.37. The van der Waals surface area contributed by atoms with Crippen LogP contribution in [-0.2, 0) is 4.79 Å². The van der Waals surface area contributed by atoms with E-state index in [9.17, 15) is 9.59 Å². The number of nitrogens with one attached hydrogen (secondary N) is 2. The lowest BCUT2D eigenvalue weighted by Gasteiger charge is -2.22. The predicted octanol–water partition coefficient (Wildman–Crippen LogP) is 4.38. The molecule has 0 aliphatic heterocycles. The Bertz CT molecular complexity index is 782. The molecule has 5 nitrogen and oxygen atoms in total. The van der Waals surface area contributed by atoms with Crippen LogP contribution in [0.4, 0.5) is 5.69 Å². The maximum atomic E-state index is 12.5. The van der Waals surface area contributed by atoms with Crippen molar-refractivity contribution in [3.05, 3.63) is 58.6 Å². The Labute approximate surface area is 162 Å². The number of carbonyl (C=O) groups excluding carboxylic acids is 2. The zero-order valence-corrected chi connectivity index (χ0v) is 16.9. The van der Waals surface area contributed by atoms with Gasteiger partial charge in [0.2, 0.25) is 0 Å². The highest BCUT2D eigenvalue weighted by Crippen LogP contribution is 2.19. The van der Waals surface area contributed by atoms with Gasteiger partial charge in [0, 0.05) is 10.0 Å². The SMILES string of the molecule is C[C@H](Oc1ccc(Br)cc1)C(=O)Nc1ccccc1C(=O)NC(C)(C)C. The van der Waals surface area contributed by atoms with E-state index in [4.69, 9.17) is 4.74 Å². The van der Waals surface area contributed by atoms with Crippen LogP contribution in [0, 0.1) is 0 Å². The highest BCUT2D eigenvalue weighted by molar-refractivity contribution is 9.10. The first kappa shape index (κ1) is 20.0. The number of hydrogen-bond donors (Lipinski definition) is 2. The van der Waals surface area contributed by atoms with E-state index in [0.717, 1.165) is 4.47 Å². The minimum Gasteiger partial charge on any atom is -0.481 e. The van der Waals surface area contributed by atoms with Crippen LogP contribution in [0.5, 0.6) is 5.75 Å². The second-order valence-electron chi connectivity index (χ2n) is 6.95. The summed E-state index contributed by atoms with van der Waals surface area (Å²) in [5, 5.41) is 5.67. The van der Waals surface area contributed by atoms with Crippen LogP contribution in [0.25, 0.3) is 0 Å². The average Bonchev–Trinajstić information content (AvgIpc) is 2.55. The molecule has 0 aliphatic rings. The zero-order valence-electron chi connectivity index (χ0n) is 15.3. The molecule has 2 rings (SSSR count). The summed E-state index contributed by atoms with van der Waals surface area (Å²) < 4.78 is 6.58. The van der Waals surface area contributed by atoms with Gasteiger partial charge in [-0.15, -0.1) is 0 Å². The lowest BCUT2D eigenvalue weighted by Crippen LogP contribution is -2.41. The van der Waals surface area contributed by atoms with Gasteiger partial charge in [0.15, 0.2) is 6.10 Å². The number of anilines is 1. The van der Waals surface area contributed by atoms with Crippen LogP contribution in [-0.4, -0.2) is 23.5 Å². The van der Waals surface area contributed by atoms with Gasteiger partial charge in [0.1, 0.15) is 5.75 Å². The van der Waals surface area contributed by atoms with Crippen molar-refractivity contribution in [3.63, 3.8) is 0 Å². The van der Waals surface area contributed by atoms with Crippen LogP contribution in [0.2, 0.25) is 0 Å². The fraction of sp³-hybridized carbons (Fsp3) is 0.300. The third-order valence-electron chi connectivity index (χ3n) is 3.41. The van der Waals surface area contributed by atoms with Crippen molar-refractivity contribution in [2.24, 2.45) is 0 Å². The summed E-state index contributed by atoms with van der Waals surface area (Å²) in [6, 6.07) is 14.1. The molecule has 138 valence electrons. The third-order valence-corrected chi connectivity index (χ3v) is 3.94. The van der Waals surface area contributed by atoms with Gasteiger partial charge in [0.05, 0.1) is 11.3 Å². The van der Waals surface area contributed by atoms with Crippen molar-refractivity contribution in [3.8, 4) is 5.75 Å². The van der Waals surface area contributed by atoms with Gasteiger partial charge in [-0.1, -0.05) is 28.1 Å². The largest absolute Gasteiger partial charge is 0.481 e. The van der Waals surface area contributed by atoms with E-state index in [1.807, 2.05) is 32.9 Å². The fourth-order valence-corrected chi connectivity index (χ4v) is 2.47. The molecule has 0 unspecified atom stereocenters. The summed E-state index contributed by atoms with van der Waals surface area (Å²) >= 11 is 3.35. The van der Waals surface area contributed by atoms with E-state index in [1.165, 1.54) is 0 Å². The monoisotopic (exact) mass is 418 g/mol. The molecule has 0 fully saturated rings. The van der Waals surface area contributed by atoms with Gasteiger partial charge in [-0.2, -0.15) is 0 Å². The number of amides is 2. The molecular formula is C20H23BrN2O3. The van der Waals surface area contributed by atoms with E-state index < -0.39 is 6.10 Å². The molecule has 2 N–H and O–H groups in total. The van der Waals surface area contributed by atoms with E-state index in [0.29, 0.717) is 17.0 Å². The molecule has 0 heterocycles. The van der Waals surface area contributed by atoms with Crippen molar-refractivity contribution in [2.45, 2.75) is 39.3 Å². The van der Waals surface area contributed by atoms with Crippen molar-refractivity contribution < 1.29 is 14.3 Å². The topological polar surface area (TPSA) is 67.4 Å². The normalized spacial score (nSPS) is 12.2. The Morgan fingerprint density at radius 1 is 1.04 bits per heavy atom. The third kappa shape index (κ3) is 5.88. The maximum Gasteiger partial charge on any atom is 0.265 e. The first-order valence-electron chi connectivity index (χ1n) is 8.30. The number of hydrogen-bond acceptors (Lipinski definition) is 3. The number of benzene rings is 2. The number of ether oxygens (including phenoxy) is 1. The molecule has 0 saturated carbocycles. The van der Waals surface area contributed by atoms with Crippen molar-refractivity contribution in [1.29, 1.82) is 0 Å². The molecule has 0 aliphatic carbocycles. The Balaban J connectivity index is 2.08. The number of rotatable bonds is 5. The first-order valence-corrected chi connectivity index (χ1v) is 9.09. The highest BCUT2D eigenvalue weighted by Gasteiger charge is 2.21. The number of para-hydroxylation sites is 1. The van der Waals surface area contributed by atoms with Crippen LogP contribution in [0.15, 0.2) is 53.0 Å². The molecule has 0 bridgehead atoms. The fourth-order valence-electron chi connectivity index (χ4n) is 2.20. The standard InChI is InChI=1S/C20H23BrN2O3/c1-13(26-15-11-9-14(21)10-12-15)18(24)22-17-8-6-5-7-16(17)19(25)23-20(2,3)4/h5-13H,1-4H3,(H,22,24)(H,23,25)/t13-/m0/s1. The van der Waals surface area contributed by atoms with Crippen LogP contribution in [0.3, 0.4) is 0 Å². The number of halogens is 1. The number of carbonyl (C=O) groups is 2. The minimum absolute atomic E-state index is 0.241. The molecular weight excluding hydrogens is 396 g/mol. The Hall–Kier alpha value is -2.34. The van der Waals surface area contributed by atoms with Crippen LogP contribution in [0.1, 0.15) is 38.1 Å². The summed E-state index contributed by atoms with van der Waals surface area (Å²) in [5.74, 6) is 0.0217. The van der Waals surface area contributed by atoms with E-state index in [1.54, 1.807) is 43.3 Å². The molecule has 0 saturated heterocycles. The van der Waals surface area contributed by atoms with Gasteiger partial charge in [-0.25, -0.2) is 0 Å². The lowest BCUT2D eigenvalue weighted by molar-refractivity contribution is -0.122. The first-order chi connectivity index (χ1) is 12.2. The molecule has 26 heavy (non-hydrogen) atoms. The lowest BCUT2D eigenvalue weighted by atomic mass is 10.1. The van der Waals surface area contributed by atoms with Crippen molar-refractivity contribution >= 4 is 33.4 Å². The van der Waals surface area contributed by atoms with Gasteiger partial charge < -0.3 is 15.4 Å². The molecule has 6 heteroatoms. The van der Waals surface area contributed by atoms with Crippen molar-refractivity contribution in [2.75, 3.05) is 5.32 Å². The molecule has 2 aromatic rings. The average molecular weight is 419 g/mol. The van der Waals surface area contributed by atoms with Crippen molar-refractivity contribution in [1.82, 2.24) is 5.32 Å². The summed E-state index contributed by atoms with van der Waals surface area (Å²) in [7, 11) is 0. The van der Waals surface area contributed by atoms with Gasteiger partial charge in [-0.3, -0.25) is 9.59 Å². The maximum absolute atomic E-state index is 12.5. The molecule has 0 aromatic heterocycles. The van der Waals surface area contributed by atoms with E-state index in [-0.39, 0.29) is 17.4 Å². The second kappa shape index (κ2) is 8.36. The molecule has 2 amide bonds. The molecule has 1 atom stereocenters. The smallest absolute Gasteiger partial charge is 0.265 e. The van der Waals surface area contributed by atoms with E-state index in [2.05, 4.69) is 26.6 Å². The van der Waals surface area contributed by atoms with Crippen LogP contribution >= 0.6 is 15.9 Å². The van der Waals surface area contributed by atoms with Gasteiger partial charge >= 0.3 is 0 Å². The quantitative estimate of drug-likeness (QED) is 0.756. The summed E-state index contributed by atoms with van der Waals surface area (Å²) in [4.78, 5) is 24.9. The zero-order chi connectivity index (χ0) is 19.3. The van der Waals surface area contributed by atoms with E-state index >= 15 is 0 Å². The Morgan fingerprint density at radius 2 is 1.65 bits per heavy atom. The van der Waals surface area contributed by atoms with Gasteiger partial charge in [-0.05, 0) is 64.1 Å². The molecule has 2 aromatic carbocycles. The minimum atomic E-state index is -0.713. The second-order valence-corrected chi connectivity index (χ2v) is 7.87. The Kier molecular flexibility index (Phi) is 6.42. The summed E-state index contributed by atoms with van der Waals surface area (Å²) in [6.07, 6.45) is -0.713. The molecule has 0 spiro atoms.